The fourth-order valence-electron chi connectivity index (χ4n) is 4.38. The number of nitrogen functional groups attached to an aromatic ring is 1. The van der Waals surface area contributed by atoms with Gasteiger partial charge < -0.3 is 29.9 Å². The first kappa shape index (κ1) is 22.1. The van der Waals surface area contributed by atoms with Crippen LogP contribution in [0.4, 0.5) is 5.88 Å². The number of carbonyl (C=O) groups excluding carboxylic acids is 2. The van der Waals surface area contributed by atoms with Gasteiger partial charge in [-0.1, -0.05) is 47.6 Å². The molecule has 0 unspecified atom stereocenters. The lowest BCUT2D eigenvalue weighted by Gasteiger charge is -2.13. The second-order valence-corrected chi connectivity index (χ2v) is 8.17. The highest BCUT2D eigenvalue weighted by molar-refractivity contribution is 6.18. The first-order valence-electron chi connectivity index (χ1n) is 11.1. The van der Waals surface area contributed by atoms with E-state index in [2.05, 4.69) is 10.1 Å². The van der Waals surface area contributed by atoms with E-state index in [-0.39, 0.29) is 39.8 Å². The molecule has 0 saturated heterocycles. The fraction of sp³-hybridized carbons (Fsp3) is 0.0370. The summed E-state index contributed by atoms with van der Waals surface area (Å²) < 4.78 is 22.1. The van der Waals surface area contributed by atoms with Crippen LogP contribution in [0.1, 0.15) is 20.7 Å². The van der Waals surface area contributed by atoms with E-state index in [9.17, 15) is 9.59 Å². The summed E-state index contributed by atoms with van der Waals surface area (Å²) in [5.41, 5.74) is 13.5. The number of amides is 1. The molecule has 3 aromatic heterocycles. The molecule has 0 fully saturated rings. The van der Waals surface area contributed by atoms with Crippen LogP contribution in [0.2, 0.25) is 0 Å². The molecule has 0 radical (unpaired) electrons. The lowest BCUT2D eigenvalue weighted by Crippen LogP contribution is -2.16. The highest BCUT2D eigenvalue weighted by Crippen LogP contribution is 2.42. The number of furan rings is 1. The maximum atomic E-state index is 13.4. The molecule has 1 amide bonds. The molecule has 182 valence electrons. The van der Waals surface area contributed by atoms with Gasteiger partial charge in [-0.25, -0.2) is 9.78 Å². The molecule has 6 rings (SSSR count). The van der Waals surface area contributed by atoms with E-state index < -0.39 is 11.9 Å². The minimum Gasteiger partial charge on any atom is -0.492 e. The number of para-hydroxylation sites is 2. The number of pyridine rings is 1. The summed E-state index contributed by atoms with van der Waals surface area (Å²) in [7, 11) is 1.34. The van der Waals surface area contributed by atoms with Crippen LogP contribution in [-0.2, 0) is 0 Å². The Morgan fingerprint density at radius 2 is 1.73 bits per heavy atom. The summed E-state index contributed by atoms with van der Waals surface area (Å²) >= 11 is 0. The number of aromatic nitrogens is 2. The summed E-state index contributed by atoms with van der Waals surface area (Å²) in [4.78, 5) is 30.4. The number of nitrogens with zero attached hydrogens (tertiary/aromatic N) is 2. The number of rotatable bonds is 5. The summed E-state index contributed by atoms with van der Waals surface area (Å²) in [6, 6.07) is 19.6. The molecular formula is C27H18N4O6. The Labute approximate surface area is 208 Å². The van der Waals surface area contributed by atoms with Crippen molar-refractivity contribution in [3.63, 3.8) is 0 Å². The zero-order valence-corrected chi connectivity index (χ0v) is 19.3. The van der Waals surface area contributed by atoms with Gasteiger partial charge in [-0.2, -0.15) is 0 Å². The van der Waals surface area contributed by atoms with Gasteiger partial charge in [0.2, 0.25) is 5.88 Å². The van der Waals surface area contributed by atoms with Gasteiger partial charge in [0.1, 0.15) is 16.9 Å². The zero-order chi connectivity index (χ0) is 25.7. The van der Waals surface area contributed by atoms with E-state index in [0.717, 1.165) is 5.39 Å². The molecule has 10 nitrogen and oxygen atoms in total. The quantitative estimate of drug-likeness (QED) is 0.256. The van der Waals surface area contributed by atoms with Crippen molar-refractivity contribution in [3.05, 3.63) is 77.9 Å². The van der Waals surface area contributed by atoms with E-state index in [1.54, 1.807) is 30.3 Å². The first-order chi connectivity index (χ1) is 18.0. The van der Waals surface area contributed by atoms with Gasteiger partial charge in [0, 0.05) is 22.2 Å². The Morgan fingerprint density at radius 3 is 2.54 bits per heavy atom. The van der Waals surface area contributed by atoms with E-state index in [0.29, 0.717) is 27.6 Å². The zero-order valence-electron chi connectivity index (χ0n) is 19.3. The molecule has 0 aliphatic rings. The number of nitrogens with two attached hydrogens (primary N) is 2. The Hall–Kier alpha value is -5.38. The van der Waals surface area contributed by atoms with Crippen molar-refractivity contribution in [2.75, 3.05) is 12.8 Å². The molecule has 0 spiro atoms. The molecule has 6 aromatic rings. The lowest BCUT2D eigenvalue weighted by molar-refractivity contribution is 0.0729. The van der Waals surface area contributed by atoms with Crippen LogP contribution >= 0.6 is 0 Å². The standard InChI is InChI=1S/C27H18N4O6/c1-34-24-19(12-18-20(21(24)25(28)32)14-7-3-5-9-17(14)35-18)36-27(33)22-23(31-37-26(22)29)16-11-10-13-6-2-4-8-15(13)30-16/h2-12H,29H2,1H3,(H2,28,32). The number of methoxy groups -OCH3 is 1. The van der Waals surface area contributed by atoms with Crippen molar-refractivity contribution in [3.8, 4) is 22.9 Å². The van der Waals surface area contributed by atoms with Gasteiger partial charge in [-0.05, 0) is 18.2 Å². The number of fused-ring (bicyclic) bond motifs is 4. The van der Waals surface area contributed by atoms with Gasteiger partial charge in [0.05, 0.1) is 23.9 Å². The van der Waals surface area contributed by atoms with Gasteiger partial charge >= 0.3 is 5.97 Å². The maximum Gasteiger partial charge on any atom is 0.351 e. The lowest BCUT2D eigenvalue weighted by atomic mass is 10.0. The third-order valence-electron chi connectivity index (χ3n) is 6.00. The summed E-state index contributed by atoms with van der Waals surface area (Å²) in [5.74, 6) is -2.05. The number of anilines is 1. The largest absolute Gasteiger partial charge is 0.492 e. The molecule has 10 heteroatoms. The first-order valence-corrected chi connectivity index (χ1v) is 11.1. The van der Waals surface area contributed by atoms with Crippen LogP contribution in [0.25, 0.3) is 44.2 Å². The normalized spacial score (nSPS) is 11.3. The van der Waals surface area contributed by atoms with Crippen LogP contribution in [0.3, 0.4) is 0 Å². The predicted molar refractivity (Wildman–Crippen MR) is 135 cm³/mol. The van der Waals surface area contributed by atoms with E-state index >= 15 is 0 Å². The molecule has 0 atom stereocenters. The monoisotopic (exact) mass is 494 g/mol. The minimum absolute atomic E-state index is 0.0162. The molecule has 37 heavy (non-hydrogen) atoms. The number of benzene rings is 3. The molecule has 4 N–H and O–H groups in total. The molecule has 0 bridgehead atoms. The average molecular weight is 494 g/mol. The fourth-order valence-corrected chi connectivity index (χ4v) is 4.38. The van der Waals surface area contributed by atoms with E-state index in [1.807, 2.05) is 30.3 Å². The number of ether oxygens (including phenoxy) is 2. The molecular weight excluding hydrogens is 476 g/mol. The van der Waals surface area contributed by atoms with Crippen molar-refractivity contribution in [2.24, 2.45) is 5.73 Å². The predicted octanol–water partition coefficient (Wildman–Crippen LogP) is 4.70. The Balaban J connectivity index is 1.47. The second kappa shape index (κ2) is 8.38. The molecule has 0 aliphatic heterocycles. The Bertz CT molecular complexity index is 1870. The minimum atomic E-state index is -0.895. The third-order valence-corrected chi connectivity index (χ3v) is 6.00. The highest BCUT2D eigenvalue weighted by atomic mass is 16.6. The van der Waals surface area contributed by atoms with Crippen molar-refractivity contribution in [1.82, 2.24) is 10.1 Å². The van der Waals surface area contributed by atoms with Crippen LogP contribution in [0.15, 0.2) is 75.7 Å². The van der Waals surface area contributed by atoms with Gasteiger partial charge in [0.15, 0.2) is 17.1 Å². The second-order valence-electron chi connectivity index (χ2n) is 8.17. The summed E-state index contributed by atoms with van der Waals surface area (Å²) in [5, 5.41) is 5.96. The Morgan fingerprint density at radius 1 is 0.946 bits per heavy atom. The van der Waals surface area contributed by atoms with Gasteiger partial charge in [-0.3, -0.25) is 4.79 Å². The van der Waals surface area contributed by atoms with Crippen LogP contribution in [0.5, 0.6) is 11.5 Å². The van der Waals surface area contributed by atoms with Crippen molar-refractivity contribution < 1.29 is 28.0 Å². The van der Waals surface area contributed by atoms with Gasteiger partial charge in [0.25, 0.3) is 5.91 Å². The SMILES string of the molecule is COc1c(OC(=O)c2c(-c3ccc4ccccc4n3)noc2N)cc2oc3ccccc3c2c1C(N)=O. The molecule has 3 heterocycles. The number of esters is 1. The topological polar surface area (TPSA) is 157 Å². The molecule has 0 saturated carbocycles. The molecule has 3 aromatic carbocycles. The smallest absolute Gasteiger partial charge is 0.351 e. The number of carbonyl (C=O) groups is 2. The Kier molecular flexibility index (Phi) is 5.01. The van der Waals surface area contributed by atoms with Crippen LogP contribution in [0, 0.1) is 0 Å². The number of hydrogen-bond donors (Lipinski definition) is 2. The highest BCUT2D eigenvalue weighted by Gasteiger charge is 2.29. The molecule has 0 aliphatic carbocycles. The number of primary amides is 1. The number of hydrogen-bond acceptors (Lipinski definition) is 9. The van der Waals surface area contributed by atoms with Gasteiger partial charge in [-0.15, -0.1) is 0 Å². The van der Waals surface area contributed by atoms with Crippen molar-refractivity contribution in [2.45, 2.75) is 0 Å². The van der Waals surface area contributed by atoms with Crippen LogP contribution in [-0.4, -0.2) is 29.1 Å². The van der Waals surface area contributed by atoms with Crippen LogP contribution < -0.4 is 20.9 Å². The summed E-state index contributed by atoms with van der Waals surface area (Å²) in [6.07, 6.45) is 0. The maximum absolute atomic E-state index is 13.4. The third kappa shape index (κ3) is 3.50. The van der Waals surface area contributed by atoms with E-state index in [4.69, 9.17) is 29.9 Å². The van der Waals surface area contributed by atoms with E-state index in [1.165, 1.54) is 13.2 Å². The van der Waals surface area contributed by atoms with Crippen molar-refractivity contribution >= 4 is 50.6 Å². The van der Waals surface area contributed by atoms with Crippen molar-refractivity contribution in [1.29, 1.82) is 0 Å². The average Bonchev–Trinajstić information content (AvgIpc) is 3.47. The summed E-state index contributed by atoms with van der Waals surface area (Å²) in [6.45, 7) is 0.